The van der Waals surface area contributed by atoms with Crippen molar-refractivity contribution in [1.82, 2.24) is 15.0 Å². The molecule has 0 saturated heterocycles. The van der Waals surface area contributed by atoms with Crippen LogP contribution in [-0.2, 0) is 17.9 Å². The van der Waals surface area contributed by atoms with Gasteiger partial charge in [-0.05, 0) is 6.42 Å². The van der Waals surface area contributed by atoms with Gasteiger partial charge < -0.3 is 4.74 Å². The molecular formula is C24H31N3O3. The molecule has 0 atom stereocenters. The first-order valence-corrected chi connectivity index (χ1v) is 11.1. The maximum absolute atomic E-state index is 12.5. The molecule has 0 saturated carbocycles. The molecule has 1 aliphatic carbocycles. The van der Waals surface area contributed by atoms with Crippen molar-refractivity contribution in [2.75, 3.05) is 0 Å². The fourth-order valence-corrected chi connectivity index (χ4v) is 3.65. The minimum Gasteiger partial charge on any atom is -0.483 e. The summed E-state index contributed by atoms with van der Waals surface area (Å²) < 4.78 is 7.41. The summed E-state index contributed by atoms with van der Waals surface area (Å²) in [6, 6.07) is 6.79. The molecule has 0 aliphatic heterocycles. The lowest BCUT2D eigenvalue weighted by atomic mass is 9.94. The Bertz CT molecular complexity index is 885. The van der Waals surface area contributed by atoms with Gasteiger partial charge in [0.1, 0.15) is 12.3 Å². The number of hydrogen-bond acceptors (Lipinski definition) is 5. The number of unbranched alkanes of at least 4 members (excludes halogenated alkanes) is 8. The van der Waals surface area contributed by atoms with Gasteiger partial charge >= 0.3 is 0 Å². The summed E-state index contributed by atoms with van der Waals surface area (Å²) >= 11 is 0. The van der Waals surface area contributed by atoms with Gasteiger partial charge in [-0.25, -0.2) is 0 Å². The van der Waals surface area contributed by atoms with Crippen LogP contribution in [0, 0.1) is 0 Å². The third-order valence-electron chi connectivity index (χ3n) is 5.38. The standard InChI is InChI=1S/C24H31N3O3/c1-2-3-4-5-6-7-8-9-12-15-27-17-19(25-26-27)18-30-23-16-22(28)20-13-10-11-14-21(20)24(23)29/h10-11,13-14,16-17H,2-9,12,15,18H2,1H3. The van der Waals surface area contributed by atoms with Gasteiger partial charge in [-0.3, -0.25) is 14.3 Å². The van der Waals surface area contributed by atoms with Crippen LogP contribution >= 0.6 is 0 Å². The maximum Gasteiger partial charge on any atom is 0.228 e. The van der Waals surface area contributed by atoms with Crippen molar-refractivity contribution in [1.29, 1.82) is 0 Å². The highest BCUT2D eigenvalue weighted by Crippen LogP contribution is 2.22. The number of benzene rings is 1. The summed E-state index contributed by atoms with van der Waals surface area (Å²) in [5.41, 5.74) is 1.45. The summed E-state index contributed by atoms with van der Waals surface area (Å²) in [4.78, 5) is 24.7. The Morgan fingerprint density at radius 3 is 2.30 bits per heavy atom. The molecule has 30 heavy (non-hydrogen) atoms. The lowest BCUT2D eigenvalue weighted by molar-refractivity contribution is 0.0867. The molecule has 0 bridgehead atoms. The van der Waals surface area contributed by atoms with Crippen LogP contribution in [0.5, 0.6) is 0 Å². The number of aryl methyl sites for hydroxylation is 1. The van der Waals surface area contributed by atoms with E-state index in [1.807, 2.05) is 10.9 Å². The van der Waals surface area contributed by atoms with Gasteiger partial charge in [0.25, 0.3) is 0 Å². The lowest BCUT2D eigenvalue weighted by Gasteiger charge is -2.14. The Kier molecular flexibility index (Phi) is 8.36. The number of nitrogens with zero attached hydrogens (tertiary/aromatic N) is 3. The quantitative estimate of drug-likeness (QED) is 0.420. The highest BCUT2D eigenvalue weighted by atomic mass is 16.5. The molecule has 0 amide bonds. The first kappa shape index (κ1) is 21.9. The lowest BCUT2D eigenvalue weighted by Crippen LogP contribution is -2.18. The van der Waals surface area contributed by atoms with Crippen molar-refractivity contribution in [3.8, 4) is 0 Å². The Morgan fingerprint density at radius 1 is 0.900 bits per heavy atom. The fourth-order valence-electron chi connectivity index (χ4n) is 3.65. The molecule has 1 aromatic heterocycles. The minimum atomic E-state index is -0.271. The predicted octanol–water partition coefficient (Wildman–Crippen LogP) is 5.29. The van der Waals surface area contributed by atoms with E-state index in [1.54, 1.807) is 24.3 Å². The molecular weight excluding hydrogens is 378 g/mol. The second-order valence-corrected chi connectivity index (χ2v) is 7.84. The Balaban J connectivity index is 1.37. The second kappa shape index (κ2) is 11.4. The summed E-state index contributed by atoms with van der Waals surface area (Å²) in [6.45, 7) is 3.19. The van der Waals surface area contributed by atoms with Crippen LogP contribution in [0.3, 0.4) is 0 Å². The molecule has 6 nitrogen and oxygen atoms in total. The van der Waals surface area contributed by atoms with Crippen molar-refractivity contribution < 1.29 is 14.3 Å². The molecule has 1 aromatic carbocycles. The van der Waals surface area contributed by atoms with Gasteiger partial charge in [0.2, 0.25) is 5.78 Å². The van der Waals surface area contributed by atoms with Crippen molar-refractivity contribution >= 4 is 11.6 Å². The van der Waals surface area contributed by atoms with Gasteiger partial charge in [-0.1, -0.05) is 87.8 Å². The zero-order chi connectivity index (χ0) is 21.2. The Hall–Kier alpha value is -2.76. The third kappa shape index (κ3) is 6.12. The number of ether oxygens (including phenoxy) is 1. The first-order valence-electron chi connectivity index (χ1n) is 11.1. The number of carbonyl (C=O) groups is 2. The van der Waals surface area contributed by atoms with E-state index in [0.29, 0.717) is 16.8 Å². The average molecular weight is 410 g/mol. The van der Waals surface area contributed by atoms with Gasteiger partial charge in [0, 0.05) is 23.7 Å². The summed E-state index contributed by atoms with van der Waals surface area (Å²) in [7, 11) is 0. The zero-order valence-corrected chi connectivity index (χ0v) is 17.8. The fraction of sp³-hybridized carbons (Fsp3) is 0.500. The number of aromatic nitrogens is 3. The molecule has 0 fully saturated rings. The molecule has 0 spiro atoms. The number of hydrogen-bond donors (Lipinski definition) is 0. The molecule has 3 rings (SSSR count). The molecule has 160 valence electrons. The summed E-state index contributed by atoms with van der Waals surface area (Å²) in [5.74, 6) is -0.423. The van der Waals surface area contributed by atoms with Crippen molar-refractivity contribution in [3.63, 3.8) is 0 Å². The number of fused-ring (bicyclic) bond motifs is 1. The van der Waals surface area contributed by atoms with Crippen LogP contribution in [0.1, 0.15) is 91.1 Å². The van der Waals surface area contributed by atoms with Crippen LogP contribution in [0.15, 0.2) is 42.3 Å². The smallest absolute Gasteiger partial charge is 0.228 e. The third-order valence-corrected chi connectivity index (χ3v) is 5.38. The number of rotatable bonds is 13. The molecule has 2 aromatic rings. The van der Waals surface area contributed by atoms with Crippen LogP contribution in [0.2, 0.25) is 0 Å². The van der Waals surface area contributed by atoms with Gasteiger partial charge in [-0.2, -0.15) is 0 Å². The summed E-state index contributed by atoms with van der Waals surface area (Å²) in [6.07, 6.45) is 14.7. The monoisotopic (exact) mass is 409 g/mol. The van der Waals surface area contributed by atoms with Crippen LogP contribution in [-0.4, -0.2) is 26.6 Å². The normalized spacial score (nSPS) is 13.3. The average Bonchev–Trinajstić information content (AvgIpc) is 3.22. The molecule has 0 radical (unpaired) electrons. The Labute approximate surface area is 178 Å². The zero-order valence-electron chi connectivity index (χ0n) is 17.8. The van der Waals surface area contributed by atoms with Crippen LogP contribution in [0.25, 0.3) is 0 Å². The molecule has 6 heteroatoms. The van der Waals surface area contributed by atoms with Crippen molar-refractivity contribution in [2.24, 2.45) is 0 Å². The molecule has 1 aliphatic rings. The van der Waals surface area contributed by atoms with Crippen LogP contribution in [0.4, 0.5) is 0 Å². The van der Waals surface area contributed by atoms with Gasteiger partial charge in [-0.15, -0.1) is 5.10 Å². The van der Waals surface area contributed by atoms with E-state index >= 15 is 0 Å². The van der Waals surface area contributed by atoms with E-state index in [1.165, 1.54) is 57.4 Å². The number of carbonyl (C=O) groups excluding carboxylic acids is 2. The molecule has 0 N–H and O–H groups in total. The van der Waals surface area contributed by atoms with Crippen molar-refractivity contribution in [2.45, 2.75) is 77.9 Å². The van der Waals surface area contributed by atoms with Gasteiger partial charge in [0.05, 0.1) is 6.20 Å². The Morgan fingerprint density at radius 2 is 1.57 bits per heavy atom. The highest BCUT2D eigenvalue weighted by Gasteiger charge is 2.26. The maximum atomic E-state index is 12.5. The minimum absolute atomic E-state index is 0.0622. The SMILES string of the molecule is CCCCCCCCCCCn1cc(COC2=CC(=O)c3ccccc3C2=O)nn1. The second-order valence-electron chi connectivity index (χ2n) is 7.84. The number of allylic oxidation sites excluding steroid dienone is 2. The molecule has 1 heterocycles. The van der Waals surface area contributed by atoms with Crippen molar-refractivity contribution in [3.05, 3.63) is 59.1 Å². The van der Waals surface area contributed by atoms with E-state index in [2.05, 4.69) is 17.2 Å². The predicted molar refractivity (Wildman–Crippen MR) is 115 cm³/mol. The summed E-state index contributed by atoms with van der Waals surface area (Å²) in [5, 5.41) is 8.24. The highest BCUT2D eigenvalue weighted by molar-refractivity contribution is 6.23. The van der Waals surface area contributed by atoms with E-state index in [0.717, 1.165) is 13.0 Å². The number of ketones is 2. The molecule has 0 unspecified atom stereocenters. The topological polar surface area (TPSA) is 74.1 Å². The van der Waals surface area contributed by atoms with Gasteiger partial charge in [0.15, 0.2) is 11.5 Å². The van der Waals surface area contributed by atoms with E-state index in [-0.39, 0.29) is 23.9 Å². The number of Topliss-reactive ketones (excluding diaryl/α,β-unsaturated/α-hetero) is 1. The first-order chi connectivity index (χ1) is 14.7. The van der Waals surface area contributed by atoms with E-state index in [4.69, 9.17) is 4.74 Å². The van der Waals surface area contributed by atoms with Crippen LogP contribution < -0.4 is 0 Å². The van der Waals surface area contributed by atoms with E-state index in [9.17, 15) is 9.59 Å². The van der Waals surface area contributed by atoms with E-state index < -0.39 is 0 Å². The largest absolute Gasteiger partial charge is 0.483 e.